The molecule has 1 unspecified atom stereocenters. The summed E-state index contributed by atoms with van der Waals surface area (Å²) in [6.45, 7) is 0. The highest BCUT2D eigenvalue weighted by molar-refractivity contribution is 6.35. The van der Waals surface area contributed by atoms with Crippen molar-refractivity contribution < 1.29 is 5.11 Å². The maximum absolute atomic E-state index is 9.36. The Kier molecular flexibility index (Phi) is 3.35. The van der Waals surface area contributed by atoms with Crippen LogP contribution in [-0.4, -0.2) is 11.2 Å². The quantitative estimate of drug-likeness (QED) is 0.786. The Balaban J connectivity index is 2.14. The number of halogens is 2. The highest BCUT2D eigenvalue weighted by atomic mass is 35.5. The van der Waals surface area contributed by atoms with Crippen molar-refractivity contribution >= 4 is 23.2 Å². The molecule has 1 aromatic rings. The Labute approximate surface area is 99.3 Å². The molecule has 0 bridgehead atoms. The third kappa shape index (κ3) is 2.75. The molecule has 3 heteroatoms. The molecule has 1 nitrogen and oxygen atoms in total. The molecule has 0 amide bonds. The molecular formula is C12H12Cl2O. The summed E-state index contributed by atoms with van der Waals surface area (Å²) in [6.07, 6.45) is 4.25. The first-order valence-electron chi connectivity index (χ1n) is 4.97. The monoisotopic (exact) mass is 242 g/mol. The largest absolute Gasteiger partial charge is 0.389 e. The first kappa shape index (κ1) is 11.0. The molecule has 1 N–H and O–H groups in total. The molecule has 0 aromatic heterocycles. The molecule has 0 saturated heterocycles. The minimum atomic E-state index is -0.272. The molecule has 15 heavy (non-hydrogen) atoms. The van der Waals surface area contributed by atoms with Gasteiger partial charge in [0.15, 0.2) is 0 Å². The highest BCUT2D eigenvalue weighted by Gasteiger charge is 2.14. The van der Waals surface area contributed by atoms with Crippen LogP contribution >= 0.6 is 23.2 Å². The van der Waals surface area contributed by atoms with E-state index in [1.54, 1.807) is 6.07 Å². The number of aliphatic hydroxyl groups excluding tert-OH is 1. The second-order valence-electron chi connectivity index (χ2n) is 3.84. The number of allylic oxidation sites excluding steroid dienone is 1. The van der Waals surface area contributed by atoms with Crippen molar-refractivity contribution in [3.63, 3.8) is 0 Å². The summed E-state index contributed by atoms with van der Waals surface area (Å²) in [6, 6.07) is 5.54. The standard InChI is InChI=1S/C12H12Cl2O/c13-10-3-2-9(12(14)7-10)5-8-1-4-11(15)6-8/h2-3,6-7,11,15H,1,4-5H2. The van der Waals surface area contributed by atoms with Crippen molar-refractivity contribution in [1.82, 2.24) is 0 Å². The van der Waals surface area contributed by atoms with E-state index in [-0.39, 0.29) is 6.10 Å². The molecule has 1 atom stereocenters. The van der Waals surface area contributed by atoms with E-state index in [0.29, 0.717) is 10.0 Å². The Hall–Kier alpha value is -0.500. The zero-order valence-corrected chi connectivity index (χ0v) is 9.72. The molecule has 0 fully saturated rings. The van der Waals surface area contributed by atoms with Gasteiger partial charge in [-0.3, -0.25) is 0 Å². The summed E-state index contributed by atoms with van der Waals surface area (Å²) in [5.41, 5.74) is 2.33. The van der Waals surface area contributed by atoms with Crippen molar-refractivity contribution in [2.45, 2.75) is 25.4 Å². The average molecular weight is 243 g/mol. The lowest BCUT2D eigenvalue weighted by Gasteiger charge is -2.05. The molecular weight excluding hydrogens is 231 g/mol. The first-order chi connectivity index (χ1) is 7.15. The van der Waals surface area contributed by atoms with Crippen LogP contribution in [0.2, 0.25) is 10.0 Å². The van der Waals surface area contributed by atoms with Crippen LogP contribution < -0.4 is 0 Å². The molecule has 0 heterocycles. The molecule has 1 aliphatic carbocycles. The summed E-state index contributed by atoms with van der Waals surface area (Å²) in [4.78, 5) is 0. The fourth-order valence-corrected chi connectivity index (χ4v) is 2.30. The lowest BCUT2D eigenvalue weighted by Crippen LogP contribution is -1.93. The molecule has 0 saturated carbocycles. The second-order valence-corrected chi connectivity index (χ2v) is 4.69. The third-order valence-corrected chi connectivity index (χ3v) is 3.21. The van der Waals surface area contributed by atoms with Gasteiger partial charge in [-0.15, -0.1) is 0 Å². The van der Waals surface area contributed by atoms with Crippen LogP contribution in [0.15, 0.2) is 29.8 Å². The van der Waals surface area contributed by atoms with Gasteiger partial charge >= 0.3 is 0 Å². The maximum Gasteiger partial charge on any atom is 0.0726 e. The van der Waals surface area contributed by atoms with Gasteiger partial charge in [0.05, 0.1) is 6.10 Å². The highest BCUT2D eigenvalue weighted by Crippen LogP contribution is 2.27. The van der Waals surface area contributed by atoms with Crippen LogP contribution in [0, 0.1) is 0 Å². The Morgan fingerprint density at radius 2 is 2.13 bits per heavy atom. The van der Waals surface area contributed by atoms with E-state index < -0.39 is 0 Å². The van der Waals surface area contributed by atoms with Crippen LogP contribution in [-0.2, 0) is 6.42 Å². The van der Waals surface area contributed by atoms with Gasteiger partial charge in [-0.25, -0.2) is 0 Å². The van der Waals surface area contributed by atoms with Crippen molar-refractivity contribution in [2.75, 3.05) is 0 Å². The minimum absolute atomic E-state index is 0.272. The minimum Gasteiger partial charge on any atom is -0.389 e. The van der Waals surface area contributed by atoms with Gasteiger partial charge in [0.2, 0.25) is 0 Å². The van der Waals surface area contributed by atoms with E-state index in [1.165, 1.54) is 5.57 Å². The zero-order valence-electron chi connectivity index (χ0n) is 8.21. The van der Waals surface area contributed by atoms with Crippen molar-refractivity contribution in [1.29, 1.82) is 0 Å². The lowest BCUT2D eigenvalue weighted by atomic mass is 10.1. The molecule has 1 aromatic carbocycles. The van der Waals surface area contributed by atoms with Gasteiger partial charge in [0.1, 0.15) is 0 Å². The summed E-state index contributed by atoms with van der Waals surface area (Å²) in [5.74, 6) is 0. The van der Waals surface area contributed by atoms with Crippen molar-refractivity contribution in [2.24, 2.45) is 0 Å². The van der Waals surface area contributed by atoms with Gasteiger partial charge < -0.3 is 5.11 Å². The number of hydrogen-bond donors (Lipinski definition) is 1. The van der Waals surface area contributed by atoms with Gasteiger partial charge in [0, 0.05) is 10.0 Å². The molecule has 0 radical (unpaired) electrons. The molecule has 2 rings (SSSR count). The molecule has 0 aliphatic heterocycles. The van der Waals surface area contributed by atoms with Crippen LogP contribution in [0.3, 0.4) is 0 Å². The van der Waals surface area contributed by atoms with Crippen molar-refractivity contribution in [3.8, 4) is 0 Å². The summed E-state index contributed by atoms with van der Waals surface area (Å²) in [5, 5.41) is 10.7. The third-order valence-electron chi connectivity index (χ3n) is 2.62. The van der Waals surface area contributed by atoms with E-state index in [1.807, 2.05) is 18.2 Å². The predicted octanol–water partition coefficient (Wildman–Crippen LogP) is 3.62. The van der Waals surface area contributed by atoms with Crippen LogP contribution in [0.4, 0.5) is 0 Å². The van der Waals surface area contributed by atoms with Crippen LogP contribution in [0.25, 0.3) is 0 Å². The summed E-state index contributed by atoms with van der Waals surface area (Å²) >= 11 is 11.9. The molecule has 0 spiro atoms. The summed E-state index contributed by atoms with van der Waals surface area (Å²) < 4.78 is 0. The topological polar surface area (TPSA) is 20.2 Å². The molecule has 80 valence electrons. The predicted molar refractivity (Wildman–Crippen MR) is 63.5 cm³/mol. The van der Waals surface area contributed by atoms with Crippen LogP contribution in [0.1, 0.15) is 18.4 Å². The number of hydrogen-bond acceptors (Lipinski definition) is 1. The van der Waals surface area contributed by atoms with Gasteiger partial charge in [-0.1, -0.05) is 40.9 Å². The van der Waals surface area contributed by atoms with E-state index in [2.05, 4.69) is 0 Å². The molecule has 1 aliphatic rings. The van der Waals surface area contributed by atoms with E-state index in [9.17, 15) is 5.11 Å². The number of aliphatic hydroxyl groups is 1. The average Bonchev–Trinajstić information content (AvgIpc) is 2.56. The fraction of sp³-hybridized carbons (Fsp3) is 0.333. The first-order valence-corrected chi connectivity index (χ1v) is 5.72. The van der Waals surface area contributed by atoms with Gasteiger partial charge in [-0.05, 0) is 37.0 Å². The SMILES string of the molecule is OC1C=C(Cc2ccc(Cl)cc2Cl)CC1. The van der Waals surface area contributed by atoms with E-state index in [4.69, 9.17) is 23.2 Å². The van der Waals surface area contributed by atoms with E-state index >= 15 is 0 Å². The van der Waals surface area contributed by atoms with Crippen molar-refractivity contribution in [3.05, 3.63) is 45.5 Å². The van der Waals surface area contributed by atoms with E-state index in [0.717, 1.165) is 24.8 Å². The van der Waals surface area contributed by atoms with Gasteiger partial charge in [0.25, 0.3) is 0 Å². The maximum atomic E-state index is 9.36. The lowest BCUT2D eigenvalue weighted by molar-refractivity contribution is 0.223. The fourth-order valence-electron chi connectivity index (χ4n) is 1.83. The Morgan fingerprint density at radius 3 is 2.73 bits per heavy atom. The zero-order chi connectivity index (χ0) is 10.8. The normalized spacial score (nSPS) is 20.5. The number of benzene rings is 1. The van der Waals surface area contributed by atoms with Crippen LogP contribution in [0.5, 0.6) is 0 Å². The number of rotatable bonds is 2. The second kappa shape index (κ2) is 4.56. The Bertz CT molecular complexity index is 399. The van der Waals surface area contributed by atoms with Gasteiger partial charge in [-0.2, -0.15) is 0 Å². The Morgan fingerprint density at radius 1 is 1.33 bits per heavy atom. The summed E-state index contributed by atoms with van der Waals surface area (Å²) in [7, 11) is 0. The smallest absolute Gasteiger partial charge is 0.0726 e.